The molecule has 0 aliphatic rings. The molecule has 0 radical (unpaired) electrons. The third kappa shape index (κ3) is 3.48. The van der Waals surface area contributed by atoms with Crippen LogP contribution in [-0.2, 0) is 6.54 Å². The van der Waals surface area contributed by atoms with Crippen LogP contribution in [0.1, 0.15) is 12.5 Å². The second-order valence-corrected chi connectivity index (χ2v) is 3.26. The zero-order valence-corrected chi connectivity index (χ0v) is 9.75. The maximum atomic E-state index is 5.41. The van der Waals surface area contributed by atoms with Crippen LogP contribution >= 0.6 is 0 Å². The van der Waals surface area contributed by atoms with Crippen molar-refractivity contribution in [2.24, 2.45) is 0 Å². The van der Waals surface area contributed by atoms with Crippen molar-refractivity contribution in [2.45, 2.75) is 13.5 Å². The minimum atomic E-state index is 0.251. The van der Waals surface area contributed by atoms with Gasteiger partial charge >= 0.3 is 0 Å². The van der Waals surface area contributed by atoms with Crippen molar-refractivity contribution >= 4 is 0 Å². The van der Waals surface area contributed by atoms with E-state index in [-0.39, 0.29) is 6.61 Å². The van der Waals surface area contributed by atoms with Crippen LogP contribution in [0.15, 0.2) is 18.2 Å². The lowest BCUT2D eigenvalue weighted by Crippen LogP contribution is -2.11. The van der Waals surface area contributed by atoms with E-state index in [0.29, 0.717) is 11.5 Å². The molecule has 1 N–H and O–H groups in total. The zero-order valence-electron chi connectivity index (χ0n) is 9.75. The minimum Gasteiger partial charge on any atom is -0.493 e. The van der Waals surface area contributed by atoms with Crippen LogP contribution in [0.2, 0.25) is 0 Å². The van der Waals surface area contributed by atoms with Crippen molar-refractivity contribution < 1.29 is 9.47 Å². The van der Waals surface area contributed by atoms with Crippen LogP contribution < -0.4 is 14.8 Å². The maximum absolute atomic E-state index is 5.41. The van der Waals surface area contributed by atoms with Crippen molar-refractivity contribution in [1.82, 2.24) is 5.32 Å². The van der Waals surface area contributed by atoms with E-state index in [1.807, 2.05) is 18.2 Å². The van der Waals surface area contributed by atoms with Crippen molar-refractivity contribution in [3.63, 3.8) is 0 Å². The molecular formula is C13H17NO2. The second-order valence-electron chi connectivity index (χ2n) is 3.26. The van der Waals surface area contributed by atoms with Gasteiger partial charge in [-0.15, -0.1) is 6.42 Å². The highest BCUT2D eigenvalue weighted by atomic mass is 16.5. The quantitative estimate of drug-likeness (QED) is 0.740. The molecule has 16 heavy (non-hydrogen) atoms. The van der Waals surface area contributed by atoms with E-state index >= 15 is 0 Å². The van der Waals surface area contributed by atoms with Gasteiger partial charge in [-0.3, -0.25) is 0 Å². The summed E-state index contributed by atoms with van der Waals surface area (Å²) in [5.74, 6) is 3.83. The molecule has 3 heteroatoms. The molecule has 1 aromatic rings. The van der Waals surface area contributed by atoms with Crippen LogP contribution in [0.5, 0.6) is 11.5 Å². The number of hydrogen-bond acceptors (Lipinski definition) is 3. The standard InChI is InChI=1S/C13H17NO2/c1-4-8-16-13-9-11(10-14-5-2)6-7-12(13)15-3/h1,6-7,9,14H,5,8,10H2,2-3H3. The highest BCUT2D eigenvalue weighted by molar-refractivity contribution is 5.43. The molecule has 1 rings (SSSR count). The average Bonchev–Trinajstić information content (AvgIpc) is 2.33. The number of ether oxygens (including phenoxy) is 2. The van der Waals surface area contributed by atoms with Crippen LogP contribution in [0.3, 0.4) is 0 Å². The molecule has 0 saturated heterocycles. The van der Waals surface area contributed by atoms with Gasteiger partial charge in [0.05, 0.1) is 7.11 Å². The Labute approximate surface area is 96.8 Å². The van der Waals surface area contributed by atoms with Crippen LogP contribution in [0.25, 0.3) is 0 Å². The Morgan fingerprint density at radius 1 is 1.38 bits per heavy atom. The Balaban J connectivity index is 2.79. The molecule has 1 aromatic carbocycles. The van der Waals surface area contributed by atoms with Crippen molar-refractivity contribution in [3.05, 3.63) is 23.8 Å². The maximum Gasteiger partial charge on any atom is 0.162 e. The second kappa shape index (κ2) is 6.76. The smallest absolute Gasteiger partial charge is 0.162 e. The van der Waals surface area contributed by atoms with E-state index in [0.717, 1.165) is 18.7 Å². The molecule has 0 spiro atoms. The first-order valence-electron chi connectivity index (χ1n) is 5.25. The molecule has 0 fully saturated rings. The fraction of sp³-hybridized carbons (Fsp3) is 0.385. The van der Waals surface area contributed by atoms with Crippen LogP contribution in [-0.4, -0.2) is 20.3 Å². The largest absolute Gasteiger partial charge is 0.493 e. The van der Waals surface area contributed by atoms with E-state index in [1.165, 1.54) is 0 Å². The summed E-state index contributed by atoms with van der Waals surface area (Å²) in [6.45, 7) is 4.07. The monoisotopic (exact) mass is 219 g/mol. The number of terminal acetylenes is 1. The highest BCUT2D eigenvalue weighted by Gasteiger charge is 2.04. The van der Waals surface area contributed by atoms with Crippen molar-refractivity contribution in [2.75, 3.05) is 20.3 Å². The summed E-state index contributed by atoms with van der Waals surface area (Å²) in [5.41, 5.74) is 1.15. The van der Waals surface area contributed by atoms with E-state index < -0.39 is 0 Å². The Kier molecular flexibility index (Phi) is 5.24. The lowest BCUT2D eigenvalue weighted by Gasteiger charge is -2.10. The Morgan fingerprint density at radius 2 is 2.19 bits per heavy atom. The summed E-state index contributed by atoms with van der Waals surface area (Å²) in [5, 5.41) is 3.25. The summed E-state index contributed by atoms with van der Waals surface area (Å²) in [7, 11) is 1.61. The van der Waals surface area contributed by atoms with Crippen molar-refractivity contribution in [3.8, 4) is 23.8 Å². The molecule has 0 amide bonds. The Bertz CT molecular complexity index is 369. The Morgan fingerprint density at radius 3 is 2.81 bits per heavy atom. The van der Waals surface area contributed by atoms with Gasteiger partial charge in [0, 0.05) is 6.54 Å². The first-order valence-corrected chi connectivity index (χ1v) is 5.25. The molecule has 0 unspecified atom stereocenters. The normalized spacial score (nSPS) is 9.56. The van der Waals surface area contributed by atoms with Gasteiger partial charge in [-0.05, 0) is 24.2 Å². The third-order valence-corrected chi connectivity index (χ3v) is 2.12. The number of nitrogens with one attached hydrogen (secondary N) is 1. The van der Waals surface area contributed by atoms with Gasteiger partial charge in [-0.2, -0.15) is 0 Å². The number of methoxy groups -OCH3 is 1. The summed E-state index contributed by atoms with van der Waals surface area (Å²) in [6, 6.07) is 5.83. The van der Waals surface area contributed by atoms with Gasteiger partial charge < -0.3 is 14.8 Å². The summed E-state index contributed by atoms with van der Waals surface area (Å²) in [4.78, 5) is 0. The fourth-order valence-electron chi connectivity index (χ4n) is 1.33. The van der Waals surface area contributed by atoms with Gasteiger partial charge in [-0.1, -0.05) is 18.9 Å². The molecule has 3 nitrogen and oxygen atoms in total. The highest BCUT2D eigenvalue weighted by Crippen LogP contribution is 2.27. The fourth-order valence-corrected chi connectivity index (χ4v) is 1.33. The molecule has 0 heterocycles. The SMILES string of the molecule is C#CCOc1cc(CNCC)ccc1OC. The molecule has 0 saturated carbocycles. The molecule has 0 aliphatic heterocycles. The number of rotatable bonds is 6. The van der Waals surface area contributed by atoms with Crippen molar-refractivity contribution in [1.29, 1.82) is 0 Å². The van der Waals surface area contributed by atoms with Gasteiger partial charge in [-0.25, -0.2) is 0 Å². The van der Waals surface area contributed by atoms with E-state index in [4.69, 9.17) is 15.9 Å². The average molecular weight is 219 g/mol. The lowest BCUT2D eigenvalue weighted by molar-refractivity contribution is 0.330. The number of benzene rings is 1. The molecule has 0 aliphatic carbocycles. The lowest BCUT2D eigenvalue weighted by atomic mass is 10.2. The molecule has 0 bridgehead atoms. The first-order chi connectivity index (χ1) is 7.81. The van der Waals surface area contributed by atoms with Gasteiger partial charge in [0.15, 0.2) is 11.5 Å². The molecule has 0 atom stereocenters. The minimum absolute atomic E-state index is 0.251. The van der Waals surface area contributed by atoms with Gasteiger partial charge in [0.25, 0.3) is 0 Å². The predicted octanol–water partition coefficient (Wildman–Crippen LogP) is 1.82. The summed E-state index contributed by atoms with van der Waals surface area (Å²) < 4.78 is 10.6. The zero-order chi connectivity index (χ0) is 11.8. The molecular weight excluding hydrogens is 202 g/mol. The van der Waals surface area contributed by atoms with Gasteiger partial charge in [0.2, 0.25) is 0 Å². The van der Waals surface area contributed by atoms with E-state index in [2.05, 4.69) is 18.2 Å². The molecule has 86 valence electrons. The summed E-state index contributed by atoms with van der Waals surface area (Å²) >= 11 is 0. The van der Waals surface area contributed by atoms with E-state index in [1.54, 1.807) is 7.11 Å². The van der Waals surface area contributed by atoms with Gasteiger partial charge in [0.1, 0.15) is 6.61 Å². The van der Waals surface area contributed by atoms with Crippen LogP contribution in [0, 0.1) is 12.3 Å². The molecule has 0 aromatic heterocycles. The third-order valence-electron chi connectivity index (χ3n) is 2.12. The Hall–Kier alpha value is -1.66. The predicted molar refractivity (Wildman–Crippen MR) is 64.7 cm³/mol. The number of hydrogen-bond donors (Lipinski definition) is 1. The van der Waals surface area contributed by atoms with E-state index in [9.17, 15) is 0 Å². The topological polar surface area (TPSA) is 30.5 Å². The summed E-state index contributed by atoms with van der Waals surface area (Å²) in [6.07, 6.45) is 5.16. The van der Waals surface area contributed by atoms with Crippen LogP contribution in [0.4, 0.5) is 0 Å². The first kappa shape index (κ1) is 12.4.